The summed E-state index contributed by atoms with van der Waals surface area (Å²) in [6, 6.07) is 0. The zero-order valence-corrected chi connectivity index (χ0v) is 11.8. The van der Waals surface area contributed by atoms with Crippen molar-refractivity contribution in [1.29, 1.82) is 0 Å². The van der Waals surface area contributed by atoms with Crippen LogP contribution in [0, 0.1) is 12.8 Å². The molecule has 0 radical (unpaired) electrons. The third kappa shape index (κ3) is 2.75. The molecule has 1 atom stereocenters. The number of carbonyl (C=O) groups is 1. The number of hydrogen-bond donors (Lipinski definition) is 0. The second-order valence-corrected chi connectivity index (χ2v) is 5.20. The van der Waals surface area contributed by atoms with Crippen LogP contribution in [0.1, 0.15) is 31.2 Å². The first-order chi connectivity index (χ1) is 8.54. The maximum absolute atomic E-state index is 12.3. The summed E-state index contributed by atoms with van der Waals surface area (Å²) in [6.45, 7) is 4.34. The number of halogens is 1. The third-order valence-electron chi connectivity index (χ3n) is 3.32. The normalized spacial score (nSPS) is 16.9. The number of ketones is 1. The molecule has 18 heavy (non-hydrogen) atoms. The number of ether oxygens (including phenoxy) is 1. The van der Waals surface area contributed by atoms with Gasteiger partial charge in [0.05, 0.1) is 22.8 Å². The number of nitrogens with zero attached hydrogens (tertiary/aromatic N) is 2. The van der Waals surface area contributed by atoms with Crippen LogP contribution >= 0.6 is 11.6 Å². The van der Waals surface area contributed by atoms with Crippen molar-refractivity contribution in [3.8, 4) is 0 Å². The van der Waals surface area contributed by atoms with E-state index in [1.165, 1.54) is 0 Å². The third-order valence-corrected chi connectivity index (χ3v) is 3.81. The number of rotatable bonds is 6. The van der Waals surface area contributed by atoms with Crippen molar-refractivity contribution >= 4 is 17.4 Å². The molecular formula is C13H19ClN2O2. The average Bonchev–Trinajstić information content (AvgIpc) is 3.12. The Kier molecular flexibility index (Phi) is 4.07. The lowest BCUT2D eigenvalue weighted by molar-refractivity contribution is -0.131. The fraction of sp³-hybridized carbons (Fsp3) is 0.692. The van der Waals surface area contributed by atoms with E-state index in [1.54, 1.807) is 4.68 Å². The molecule has 1 unspecified atom stereocenters. The number of aryl methyl sites for hydroxylation is 2. The Balaban J connectivity index is 2.09. The van der Waals surface area contributed by atoms with E-state index in [0.717, 1.165) is 24.2 Å². The molecule has 100 valence electrons. The molecule has 0 aromatic carbocycles. The minimum atomic E-state index is -0.263. The predicted octanol–water partition coefficient (Wildman–Crippen LogP) is 2.31. The SMILES string of the molecule is CCOC(C(=O)Cc1c(Cl)c(C)nn1C)C1CC1. The summed E-state index contributed by atoms with van der Waals surface area (Å²) < 4.78 is 7.25. The molecule has 4 nitrogen and oxygen atoms in total. The van der Waals surface area contributed by atoms with E-state index in [-0.39, 0.29) is 11.9 Å². The number of carbonyl (C=O) groups excluding carboxylic acids is 1. The Labute approximate surface area is 112 Å². The van der Waals surface area contributed by atoms with Crippen LogP contribution in [-0.2, 0) is 23.0 Å². The van der Waals surface area contributed by atoms with Crippen LogP contribution in [0.15, 0.2) is 0 Å². The average molecular weight is 271 g/mol. The van der Waals surface area contributed by atoms with Crippen molar-refractivity contribution in [2.24, 2.45) is 13.0 Å². The summed E-state index contributed by atoms with van der Waals surface area (Å²) in [6.07, 6.45) is 2.22. The summed E-state index contributed by atoms with van der Waals surface area (Å²) >= 11 is 6.16. The first-order valence-electron chi connectivity index (χ1n) is 6.36. The Morgan fingerprint density at radius 3 is 2.72 bits per heavy atom. The lowest BCUT2D eigenvalue weighted by atomic mass is 10.1. The fourth-order valence-corrected chi connectivity index (χ4v) is 2.44. The molecule has 2 rings (SSSR count). The van der Waals surface area contributed by atoms with E-state index in [2.05, 4.69) is 5.10 Å². The van der Waals surface area contributed by atoms with Gasteiger partial charge in [0.15, 0.2) is 5.78 Å². The van der Waals surface area contributed by atoms with Crippen LogP contribution in [0.4, 0.5) is 0 Å². The van der Waals surface area contributed by atoms with Gasteiger partial charge in [-0.2, -0.15) is 5.10 Å². The van der Waals surface area contributed by atoms with E-state index in [9.17, 15) is 4.79 Å². The maximum atomic E-state index is 12.3. The van der Waals surface area contributed by atoms with Crippen LogP contribution in [0.2, 0.25) is 5.02 Å². The van der Waals surface area contributed by atoms with Crippen LogP contribution in [0.25, 0.3) is 0 Å². The number of Topliss-reactive ketones (excluding diaryl/α,β-unsaturated/α-hetero) is 1. The molecule has 1 aromatic rings. The molecule has 5 heteroatoms. The summed E-state index contributed by atoms with van der Waals surface area (Å²) in [5, 5.41) is 4.82. The first-order valence-corrected chi connectivity index (χ1v) is 6.74. The highest BCUT2D eigenvalue weighted by Gasteiger charge is 2.37. The Morgan fingerprint density at radius 2 is 2.28 bits per heavy atom. The van der Waals surface area contributed by atoms with E-state index in [4.69, 9.17) is 16.3 Å². The monoisotopic (exact) mass is 270 g/mol. The topological polar surface area (TPSA) is 44.1 Å². The van der Waals surface area contributed by atoms with Gasteiger partial charge >= 0.3 is 0 Å². The van der Waals surface area contributed by atoms with Crippen LogP contribution in [-0.4, -0.2) is 28.3 Å². The van der Waals surface area contributed by atoms with Gasteiger partial charge in [-0.15, -0.1) is 0 Å². The van der Waals surface area contributed by atoms with Crippen molar-refractivity contribution in [1.82, 2.24) is 9.78 Å². The highest BCUT2D eigenvalue weighted by atomic mass is 35.5. The van der Waals surface area contributed by atoms with Gasteiger partial charge in [0, 0.05) is 13.7 Å². The van der Waals surface area contributed by atoms with Crippen molar-refractivity contribution in [2.75, 3.05) is 6.61 Å². The van der Waals surface area contributed by atoms with Gasteiger partial charge in [-0.05, 0) is 32.6 Å². The lowest BCUT2D eigenvalue weighted by Gasteiger charge is -2.15. The van der Waals surface area contributed by atoms with E-state index in [0.29, 0.717) is 24.0 Å². The number of hydrogen-bond acceptors (Lipinski definition) is 3. The highest BCUT2D eigenvalue weighted by molar-refractivity contribution is 6.32. The van der Waals surface area contributed by atoms with Crippen molar-refractivity contribution in [3.05, 3.63) is 16.4 Å². The van der Waals surface area contributed by atoms with Gasteiger partial charge in [-0.3, -0.25) is 9.48 Å². The van der Waals surface area contributed by atoms with Crippen LogP contribution < -0.4 is 0 Å². The zero-order chi connectivity index (χ0) is 13.3. The van der Waals surface area contributed by atoms with Gasteiger partial charge in [0.2, 0.25) is 0 Å². The van der Waals surface area contributed by atoms with Gasteiger partial charge in [0.1, 0.15) is 6.10 Å². The van der Waals surface area contributed by atoms with E-state index >= 15 is 0 Å². The van der Waals surface area contributed by atoms with Crippen LogP contribution in [0.3, 0.4) is 0 Å². The first kappa shape index (κ1) is 13.6. The molecule has 1 aromatic heterocycles. The molecule has 0 amide bonds. The lowest BCUT2D eigenvalue weighted by Crippen LogP contribution is -2.28. The van der Waals surface area contributed by atoms with E-state index in [1.807, 2.05) is 20.9 Å². The molecule has 1 aliphatic carbocycles. The molecule has 0 spiro atoms. The standard InChI is InChI=1S/C13H19ClN2O2/c1-4-18-13(9-5-6-9)11(17)7-10-12(14)8(2)15-16(10)3/h9,13H,4-7H2,1-3H3. The second-order valence-electron chi connectivity index (χ2n) is 4.83. The van der Waals surface area contributed by atoms with Crippen molar-refractivity contribution in [3.63, 3.8) is 0 Å². The Bertz CT molecular complexity index is 452. The van der Waals surface area contributed by atoms with Gasteiger partial charge in [-0.1, -0.05) is 11.6 Å². The summed E-state index contributed by atoms with van der Waals surface area (Å²) in [7, 11) is 1.81. The summed E-state index contributed by atoms with van der Waals surface area (Å²) in [5.41, 5.74) is 1.55. The zero-order valence-electron chi connectivity index (χ0n) is 11.1. The molecule has 1 aliphatic rings. The molecule has 1 heterocycles. The minimum Gasteiger partial charge on any atom is -0.370 e. The molecule has 0 aliphatic heterocycles. The Hall–Kier alpha value is -0.870. The Morgan fingerprint density at radius 1 is 1.61 bits per heavy atom. The number of aromatic nitrogens is 2. The van der Waals surface area contributed by atoms with Crippen molar-refractivity contribution < 1.29 is 9.53 Å². The predicted molar refractivity (Wildman–Crippen MR) is 69.8 cm³/mol. The van der Waals surface area contributed by atoms with Gasteiger partial charge in [-0.25, -0.2) is 0 Å². The molecule has 1 saturated carbocycles. The molecular weight excluding hydrogens is 252 g/mol. The quantitative estimate of drug-likeness (QED) is 0.797. The molecule has 0 saturated heterocycles. The summed E-state index contributed by atoms with van der Waals surface area (Å²) in [4.78, 5) is 12.3. The second kappa shape index (κ2) is 5.41. The maximum Gasteiger partial charge on any atom is 0.167 e. The smallest absolute Gasteiger partial charge is 0.167 e. The van der Waals surface area contributed by atoms with Crippen LogP contribution in [0.5, 0.6) is 0 Å². The molecule has 1 fully saturated rings. The molecule has 0 bridgehead atoms. The van der Waals surface area contributed by atoms with Gasteiger partial charge < -0.3 is 4.74 Å². The molecule has 0 N–H and O–H groups in total. The van der Waals surface area contributed by atoms with Gasteiger partial charge in [0.25, 0.3) is 0 Å². The van der Waals surface area contributed by atoms with Crippen molar-refractivity contribution in [2.45, 2.75) is 39.2 Å². The fourth-order valence-electron chi connectivity index (χ4n) is 2.21. The summed E-state index contributed by atoms with van der Waals surface area (Å²) in [5.74, 6) is 0.523. The minimum absolute atomic E-state index is 0.115. The highest BCUT2D eigenvalue weighted by Crippen LogP contribution is 2.35. The largest absolute Gasteiger partial charge is 0.370 e. The van der Waals surface area contributed by atoms with E-state index < -0.39 is 0 Å².